The number of nitrogens with zero attached hydrogens (tertiary/aromatic N) is 4. The van der Waals surface area contributed by atoms with Gasteiger partial charge in [0.1, 0.15) is 21.8 Å². The molecule has 0 spiro atoms. The summed E-state index contributed by atoms with van der Waals surface area (Å²) in [6.07, 6.45) is 3.60. The van der Waals surface area contributed by atoms with E-state index in [2.05, 4.69) is 10.3 Å². The first-order valence-corrected chi connectivity index (χ1v) is 12.0. The molecule has 0 radical (unpaired) electrons. The van der Waals surface area contributed by atoms with Gasteiger partial charge in [-0.25, -0.2) is 4.98 Å². The summed E-state index contributed by atoms with van der Waals surface area (Å²) >= 11 is 6.48. The molecule has 0 saturated carbocycles. The number of methoxy groups -OCH3 is 1. The number of piperazine rings is 1. The Morgan fingerprint density at radius 2 is 2.15 bits per heavy atom. The number of nitrogens with one attached hydrogen (secondary N) is 1. The predicted octanol–water partition coefficient (Wildman–Crippen LogP) is 1.17. The Morgan fingerprint density at radius 3 is 2.88 bits per heavy atom. The maximum absolute atomic E-state index is 13.5. The zero-order valence-electron chi connectivity index (χ0n) is 18.6. The van der Waals surface area contributed by atoms with E-state index in [1.807, 2.05) is 6.92 Å². The maximum atomic E-state index is 13.5. The molecule has 4 heterocycles. The van der Waals surface area contributed by atoms with Gasteiger partial charge in [0.2, 0.25) is 5.91 Å². The lowest BCUT2D eigenvalue weighted by molar-refractivity contribution is -0.143. The molecule has 2 fully saturated rings. The number of rotatable bonds is 6. The molecule has 0 aromatic carbocycles. The maximum Gasteiger partial charge on any atom is 0.308 e. The number of carbonyl (C=O) groups is 3. The number of fused-ring (bicyclic) bond motifs is 1. The molecule has 12 heteroatoms. The first-order chi connectivity index (χ1) is 16.3. The molecule has 2 saturated heterocycles. The molecular weight excluding hydrogens is 478 g/mol. The van der Waals surface area contributed by atoms with E-state index >= 15 is 0 Å². The van der Waals surface area contributed by atoms with Gasteiger partial charge in [-0.1, -0.05) is 37.0 Å². The Bertz CT molecular complexity index is 1270. The lowest BCUT2D eigenvalue weighted by Crippen LogP contribution is -2.57. The molecule has 34 heavy (non-hydrogen) atoms. The lowest BCUT2D eigenvalue weighted by Gasteiger charge is -2.36. The van der Waals surface area contributed by atoms with Crippen LogP contribution in [-0.2, 0) is 19.1 Å². The van der Waals surface area contributed by atoms with Crippen molar-refractivity contribution in [3.63, 3.8) is 0 Å². The third-order valence-electron chi connectivity index (χ3n) is 5.54. The van der Waals surface area contributed by atoms with Crippen molar-refractivity contribution < 1.29 is 19.1 Å². The number of esters is 1. The number of carbonyl (C=O) groups excluding carboxylic acids is 3. The molecule has 0 aliphatic carbocycles. The predicted molar refractivity (Wildman–Crippen MR) is 132 cm³/mol. The monoisotopic (exact) mass is 501 g/mol. The molecular formula is C22H23N5O5S2. The van der Waals surface area contributed by atoms with Crippen LogP contribution >= 0.6 is 24.0 Å². The second-order valence-corrected chi connectivity index (χ2v) is 9.37. The van der Waals surface area contributed by atoms with E-state index in [1.165, 1.54) is 22.5 Å². The summed E-state index contributed by atoms with van der Waals surface area (Å²) in [7, 11) is 1.25. The van der Waals surface area contributed by atoms with Gasteiger partial charge in [0.15, 0.2) is 0 Å². The molecule has 2 aliphatic heterocycles. The normalized spacial score (nSPS) is 19.8. The van der Waals surface area contributed by atoms with Crippen LogP contribution in [0, 0.1) is 0 Å². The van der Waals surface area contributed by atoms with Gasteiger partial charge in [-0.15, -0.1) is 0 Å². The van der Waals surface area contributed by atoms with Crippen LogP contribution < -0.4 is 15.8 Å². The second-order valence-electron chi connectivity index (χ2n) is 7.70. The minimum atomic E-state index is -0.916. The van der Waals surface area contributed by atoms with Crippen molar-refractivity contribution >= 4 is 63.6 Å². The summed E-state index contributed by atoms with van der Waals surface area (Å²) < 4.78 is 6.57. The lowest BCUT2D eigenvalue weighted by atomic mass is 10.1. The van der Waals surface area contributed by atoms with Gasteiger partial charge >= 0.3 is 5.97 Å². The Balaban J connectivity index is 1.88. The topological polar surface area (TPSA) is 113 Å². The van der Waals surface area contributed by atoms with Crippen molar-refractivity contribution in [2.24, 2.45) is 0 Å². The second kappa shape index (κ2) is 9.94. The van der Waals surface area contributed by atoms with Crippen LogP contribution in [0.4, 0.5) is 5.82 Å². The van der Waals surface area contributed by atoms with Crippen LogP contribution in [0.25, 0.3) is 11.7 Å². The molecule has 2 amide bonds. The Labute approximate surface area is 204 Å². The number of amides is 2. The van der Waals surface area contributed by atoms with E-state index in [-0.39, 0.29) is 29.6 Å². The molecule has 10 nitrogen and oxygen atoms in total. The number of pyridine rings is 1. The summed E-state index contributed by atoms with van der Waals surface area (Å²) in [5.74, 6) is -0.984. The standard InChI is InChI=1S/C22H23N5O5S2/c1-3-8-27-21(31)15(34-22(27)33)11-13-18(24-16-6-4-5-9-26(16)20(13)30)25-10-7-23-19(29)14(25)12-17(28)32-2/h4-6,9,11,14H,3,7-8,10,12H2,1-2H3,(H,23,29)/b15-11-/t14-/m1/s1. The number of ether oxygens (including phenoxy) is 1. The average molecular weight is 502 g/mol. The van der Waals surface area contributed by atoms with Crippen molar-refractivity contribution in [1.29, 1.82) is 0 Å². The number of thioether (sulfide) groups is 1. The molecule has 2 aromatic rings. The summed E-state index contributed by atoms with van der Waals surface area (Å²) in [6.45, 7) is 3.06. The first kappa shape index (κ1) is 23.9. The Kier molecular flexibility index (Phi) is 6.98. The number of hydrogen-bond donors (Lipinski definition) is 1. The van der Waals surface area contributed by atoms with E-state index in [9.17, 15) is 19.2 Å². The van der Waals surface area contributed by atoms with Crippen molar-refractivity contribution in [3.05, 3.63) is 45.2 Å². The summed E-state index contributed by atoms with van der Waals surface area (Å²) in [5.41, 5.74) is 0.121. The molecule has 178 valence electrons. The van der Waals surface area contributed by atoms with Crippen LogP contribution in [0.3, 0.4) is 0 Å². The smallest absolute Gasteiger partial charge is 0.308 e. The minimum Gasteiger partial charge on any atom is -0.469 e. The molecule has 1 N–H and O–H groups in total. The number of hydrogen-bond acceptors (Lipinski definition) is 9. The van der Waals surface area contributed by atoms with E-state index in [0.717, 1.165) is 18.2 Å². The molecule has 2 aromatic heterocycles. The van der Waals surface area contributed by atoms with Crippen molar-refractivity contribution in [2.45, 2.75) is 25.8 Å². The van der Waals surface area contributed by atoms with Gasteiger partial charge in [0.25, 0.3) is 11.5 Å². The highest BCUT2D eigenvalue weighted by Crippen LogP contribution is 2.34. The van der Waals surface area contributed by atoms with Gasteiger partial charge in [-0.05, 0) is 24.6 Å². The molecule has 0 unspecified atom stereocenters. The third-order valence-corrected chi connectivity index (χ3v) is 6.91. The molecule has 1 atom stereocenters. The summed E-state index contributed by atoms with van der Waals surface area (Å²) in [5, 5.41) is 2.74. The number of aromatic nitrogens is 2. The van der Waals surface area contributed by atoms with Gasteiger partial charge in [0.05, 0.1) is 24.0 Å². The van der Waals surface area contributed by atoms with Crippen molar-refractivity contribution in [2.75, 3.05) is 31.6 Å². The van der Waals surface area contributed by atoms with Crippen LogP contribution in [-0.4, -0.2) is 69.2 Å². The average Bonchev–Trinajstić information content (AvgIpc) is 3.09. The summed E-state index contributed by atoms with van der Waals surface area (Å²) in [4.78, 5) is 59.3. The largest absolute Gasteiger partial charge is 0.469 e. The van der Waals surface area contributed by atoms with Crippen LogP contribution in [0.15, 0.2) is 34.1 Å². The number of thiocarbonyl (C=S) groups is 1. The zero-order chi connectivity index (χ0) is 24.4. The fourth-order valence-corrected chi connectivity index (χ4v) is 5.19. The van der Waals surface area contributed by atoms with E-state index in [0.29, 0.717) is 34.5 Å². The van der Waals surface area contributed by atoms with Gasteiger partial charge in [-0.3, -0.25) is 28.5 Å². The van der Waals surface area contributed by atoms with Gasteiger partial charge in [-0.2, -0.15) is 0 Å². The van der Waals surface area contributed by atoms with Gasteiger partial charge in [0, 0.05) is 25.8 Å². The van der Waals surface area contributed by atoms with Crippen LogP contribution in [0.1, 0.15) is 25.3 Å². The highest BCUT2D eigenvalue weighted by atomic mass is 32.2. The van der Waals surface area contributed by atoms with Crippen molar-refractivity contribution in [3.8, 4) is 0 Å². The van der Waals surface area contributed by atoms with Crippen molar-refractivity contribution in [1.82, 2.24) is 19.6 Å². The summed E-state index contributed by atoms with van der Waals surface area (Å²) in [6, 6.07) is 4.21. The SMILES string of the molecule is CCCN1C(=O)/C(=C/c2c(N3CCNC(=O)[C@H]3CC(=O)OC)nc3ccccn3c2=O)SC1=S. The molecule has 2 aliphatic rings. The quantitative estimate of drug-likeness (QED) is 0.354. The fraction of sp³-hybridized carbons (Fsp3) is 0.364. The van der Waals surface area contributed by atoms with E-state index in [4.69, 9.17) is 17.0 Å². The first-order valence-electron chi connectivity index (χ1n) is 10.7. The minimum absolute atomic E-state index is 0.144. The third kappa shape index (κ3) is 4.42. The van der Waals surface area contributed by atoms with E-state index < -0.39 is 17.6 Å². The van der Waals surface area contributed by atoms with E-state index in [1.54, 1.807) is 29.3 Å². The highest BCUT2D eigenvalue weighted by molar-refractivity contribution is 8.26. The highest BCUT2D eigenvalue weighted by Gasteiger charge is 2.36. The molecule has 4 rings (SSSR count). The van der Waals surface area contributed by atoms with Crippen LogP contribution in [0.2, 0.25) is 0 Å². The zero-order valence-corrected chi connectivity index (χ0v) is 20.3. The Morgan fingerprint density at radius 1 is 1.35 bits per heavy atom. The number of anilines is 1. The molecule has 0 bridgehead atoms. The van der Waals surface area contributed by atoms with Crippen LogP contribution in [0.5, 0.6) is 0 Å². The fourth-order valence-electron chi connectivity index (χ4n) is 3.90. The Hall–Kier alpha value is -3.25. The van der Waals surface area contributed by atoms with Gasteiger partial charge < -0.3 is 15.0 Å².